The molecule has 1 atom stereocenters. The van der Waals surface area contributed by atoms with E-state index < -0.39 is 12.1 Å². The van der Waals surface area contributed by atoms with Crippen LogP contribution in [0.4, 0.5) is 0 Å². The highest BCUT2D eigenvalue weighted by molar-refractivity contribution is 5.97. The molecule has 8 heteroatoms. The summed E-state index contributed by atoms with van der Waals surface area (Å²) in [6.07, 6.45) is 2.53. The number of hydrogen-bond acceptors (Lipinski definition) is 8. The number of esters is 1. The van der Waals surface area contributed by atoms with Crippen LogP contribution in [0.25, 0.3) is 11.4 Å². The smallest absolute Gasteiger partial charge is 0.307 e. The van der Waals surface area contributed by atoms with Gasteiger partial charge in [-0.25, -0.2) is 0 Å². The highest BCUT2D eigenvalue weighted by Crippen LogP contribution is 2.21. The van der Waals surface area contributed by atoms with Gasteiger partial charge in [0.05, 0.1) is 13.0 Å². The Morgan fingerprint density at radius 2 is 1.93 bits per heavy atom. The predicted octanol–water partition coefficient (Wildman–Crippen LogP) is 3.80. The lowest BCUT2D eigenvalue weighted by Gasteiger charge is -2.09. The Morgan fingerprint density at radius 1 is 1.14 bits per heavy atom. The van der Waals surface area contributed by atoms with Crippen molar-refractivity contribution in [2.45, 2.75) is 32.8 Å². The van der Waals surface area contributed by atoms with Gasteiger partial charge in [0.1, 0.15) is 5.75 Å². The van der Waals surface area contributed by atoms with E-state index in [0.717, 1.165) is 0 Å². The van der Waals surface area contributed by atoms with Crippen molar-refractivity contribution in [3.05, 3.63) is 60.2 Å². The summed E-state index contributed by atoms with van der Waals surface area (Å²) in [5.74, 6) is 0.575. The van der Waals surface area contributed by atoms with Gasteiger partial charge in [-0.1, -0.05) is 5.16 Å². The van der Waals surface area contributed by atoms with Crippen LogP contribution in [0.5, 0.6) is 5.75 Å². The van der Waals surface area contributed by atoms with Crippen LogP contribution in [-0.2, 0) is 9.53 Å². The lowest BCUT2D eigenvalue weighted by atomic mass is 10.1. The summed E-state index contributed by atoms with van der Waals surface area (Å²) < 4.78 is 15.8. The van der Waals surface area contributed by atoms with Gasteiger partial charge in [-0.05, 0) is 50.2 Å². The number of benzene rings is 1. The van der Waals surface area contributed by atoms with Crippen LogP contribution in [0.2, 0.25) is 0 Å². The minimum Gasteiger partial charge on any atom is -0.494 e. The first-order valence-corrected chi connectivity index (χ1v) is 9.26. The van der Waals surface area contributed by atoms with Gasteiger partial charge in [0, 0.05) is 29.9 Å². The standard InChI is InChI=1S/C21H21N3O5/c1-3-27-17-8-6-15(7-9-17)18(25)10-11-19(26)28-14(2)21-23-20(24-29-21)16-5-4-12-22-13-16/h4-9,12-14H,3,10-11H2,1-2H3. The number of rotatable bonds is 9. The molecule has 0 aliphatic heterocycles. The number of carbonyl (C=O) groups is 2. The molecule has 8 nitrogen and oxygen atoms in total. The van der Waals surface area contributed by atoms with Gasteiger partial charge < -0.3 is 14.0 Å². The van der Waals surface area contributed by atoms with Crippen molar-refractivity contribution >= 4 is 11.8 Å². The SMILES string of the molecule is CCOc1ccc(C(=O)CCC(=O)OC(C)c2nc(-c3cccnc3)no2)cc1. The normalized spacial score (nSPS) is 11.7. The summed E-state index contributed by atoms with van der Waals surface area (Å²) >= 11 is 0. The highest BCUT2D eigenvalue weighted by Gasteiger charge is 2.20. The molecule has 0 N–H and O–H groups in total. The summed E-state index contributed by atoms with van der Waals surface area (Å²) in [5.41, 5.74) is 1.22. The largest absolute Gasteiger partial charge is 0.494 e. The molecule has 29 heavy (non-hydrogen) atoms. The van der Waals surface area contributed by atoms with Crippen LogP contribution in [0, 0.1) is 0 Å². The Balaban J connectivity index is 1.50. The molecule has 0 radical (unpaired) electrons. The third kappa shape index (κ3) is 5.47. The van der Waals surface area contributed by atoms with Gasteiger partial charge in [-0.2, -0.15) is 4.98 Å². The van der Waals surface area contributed by atoms with Crippen molar-refractivity contribution in [3.8, 4) is 17.1 Å². The van der Waals surface area contributed by atoms with E-state index in [1.165, 1.54) is 0 Å². The summed E-state index contributed by atoms with van der Waals surface area (Å²) in [5, 5.41) is 3.87. The van der Waals surface area contributed by atoms with Crippen LogP contribution in [0.1, 0.15) is 49.0 Å². The fraction of sp³-hybridized carbons (Fsp3) is 0.286. The monoisotopic (exact) mass is 395 g/mol. The topological polar surface area (TPSA) is 104 Å². The minimum atomic E-state index is -0.721. The van der Waals surface area contributed by atoms with Crippen molar-refractivity contribution in [1.29, 1.82) is 0 Å². The van der Waals surface area contributed by atoms with Crippen LogP contribution < -0.4 is 4.74 Å². The molecule has 3 rings (SSSR count). The van der Waals surface area contributed by atoms with E-state index >= 15 is 0 Å². The molecule has 1 aromatic carbocycles. The van der Waals surface area contributed by atoms with Crippen molar-refractivity contribution in [2.75, 3.05) is 6.61 Å². The number of pyridine rings is 1. The molecular weight excluding hydrogens is 374 g/mol. The zero-order valence-corrected chi connectivity index (χ0v) is 16.2. The summed E-state index contributed by atoms with van der Waals surface area (Å²) in [7, 11) is 0. The van der Waals surface area contributed by atoms with Crippen LogP contribution in [0.3, 0.4) is 0 Å². The number of Topliss-reactive ketones (excluding diaryl/α,β-unsaturated/α-hetero) is 1. The fourth-order valence-electron chi connectivity index (χ4n) is 2.58. The van der Waals surface area contributed by atoms with Gasteiger partial charge in [-0.15, -0.1) is 0 Å². The van der Waals surface area contributed by atoms with Crippen molar-refractivity contribution < 1.29 is 23.6 Å². The number of carbonyl (C=O) groups excluding carboxylic acids is 2. The lowest BCUT2D eigenvalue weighted by molar-refractivity contribution is -0.149. The molecule has 0 saturated heterocycles. The molecule has 0 spiro atoms. The Hall–Kier alpha value is -3.55. The molecule has 0 amide bonds. The number of ketones is 1. The molecule has 2 aromatic heterocycles. The maximum atomic E-state index is 12.2. The van der Waals surface area contributed by atoms with Gasteiger partial charge in [0.15, 0.2) is 11.9 Å². The molecule has 2 heterocycles. The Bertz CT molecular complexity index is 954. The van der Waals surface area contributed by atoms with Crippen LogP contribution >= 0.6 is 0 Å². The van der Waals surface area contributed by atoms with E-state index in [-0.39, 0.29) is 24.5 Å². The first kappa shape index (κ1) is 20.2. The molecule has 150 valence electrons. The first-order valence-electron chi connectivity index (χ1n) is 9.26. The third-order valence-corrected chi connectivity index (χ3v) is 4.06. The van der Waals surface area contributed by atoms with Crippen molar-refractivity contribution in [3.63, 3.8) is 0 Å². The zero-order valence-electron chi connectivity index (χ0n) is 16.2. The average molecular weight is 395 g/mol. The maximum Gasteiger partial charge on any atom is 0.307 e. The third-order valence-electron chi connectivity index (χ3n) is 4.06. The summed E-state index contributed by atoms with van der Waals surface area (Å²) in [6, 6.07) is 10.4. The molecule has 0 bridgehead atoms. The van der Waals surface area contributed by atoms with Crippen molar-refractivity contribution in [1.82, 2.24) is 15.1 Å². The molecule has 0 fully saturated rings. The second-order valence-corrected chi connectivity index (χ2v) is 6.21. The van der Waals surface area contributed by atoms with Crippen LogP contribution in [0.15, 0.2) is 53.3 Å². The number of hydrogen-bond donors (Lipinski definition) is 0. The van der Waals surface area contributed by atoms with E-state index in [9.17, 15) is 9.59 Å². The van der Waals surface area contributed by atoms with Gasteiger partial charge >= 0.3 is 5.97 Å². The minimum absolute atomic E-state index is 0.0417. The second-order valence-electron chi connectivity index (χ2n) is 6.21. The van der Waals surface area contributed by atoms with E-state index in [2.05, 4.69) is 15.1 Å². The Morgan fingerprint density at radius 3 is 2.62 bits per heavy atom. The maximum absolute atomic E-state index is 12.2. The van der Waals surface area contributed by atoms with Gasteiger partial charge in [0.2, 0.25) is 5.82 Å². The molecule has 0 saturated carbocycles. The second kappa shape index (κ2) is 9.59. The molecule has 0 aliphatic carbocycles. The number of nitrogens with zero attached hydrogens (tertiary/aromatic N) is 3. The van der Waals surface area contributed by atoms with Crippen LogP contribution in [-0.4, -0.2) is 33.5 Å². The van der Waals surface area contributed by atoms with Crippen molar-refractivity contribution in [2.24, 2.45) is 0 Å². The molecule has 3 aromatic rings. The summed E-state index contributed by atoms with van der Waals surface area (Å²) in [4.78, 5) is 32.5. The first-order chi connectivity index (χ1) is 14.1. The highest BCUT2D eigenvalue weighted by atomic mass is 16.6. The summed E-state index contributed by atoms with van der Waals surface area (Å²) in [6.45, 7) is 4.08. The number of ether oxygens (including phenoxy) is 2. The Kier molecular flexibility index (Phi) is 6.67. The van der Waals surface area contributed by atoms with Gasteiger partial charge in [0.25, 0.3) is 5.89 Å². The number of aromatic nitrogens is 3. The average Bonchev–Trinajstić information content (AvgIpc) is 3.24. The van der Waals surface area contributed by atoms with E-state index in [1.807, 2.05) is 6.92 Å². The lowest BCUT2D eigenvalue weighted by Crippen LogP contribution is -2.11. The Labute approximate surface area is 167 Å². The molecular formula is C21H21N3O5. The predicted molar refractivity (Wildman–Crippen MR) is 103 cm³/mol. The van der Waals surface area contributed by atoms with Gasteiger partial charge in [-0.3, -0.25) is 14.6 Å². The van der Waals surface area contributed by atoms with E-state index in [0.29, 0.717) is 29.3 Å². The van der Waals surface area contributed by atoms with E-state index in [4.69, 9.17) is 14.0 Å². The molecule has 1 unspecified atom stereocenters. The molecule has 0 aliphatic rings. The fourth-order valence-corrected chi connectivity index (χ4v) is 2.58. The quantitative estimate of drug-likeness (QED) is 0.398. The zero-order chi connectivity index (χ0) is 20.6. The van der Waals surface area contributed by atoms with E-state index in [1.54, 1.807) is 55.7 Å².